The highest BCUT2D eigenvalue weighted by molar-refractivity contribution is 6.32. The van der Waals surface area contributed by atoms with Gasteiger partial charge < -0.3 is 10.6 Å². The molecule has 0 aliphatic heterocycles. The van der Waals surface area contributed by atoms with Gasteiger partial charge in [0.1, 0.15) is 5.02 Å². The Kier molecular flexibility index (Phi) is 3.39. The molecule has 0 fully saturated rings. The van der Waals surface area contributed by atoms with Gasteiger partial charge in [0, 0.05) is 26.0 Å². The highest BCUT2D eigenvalue weighted by Crippen LogP contribution is 2.23. The number of hydrogen-bond acceptors (Lipinski definition) is 5. The molecule has 5 nitrogen and oxygen atoms in total. The highest BCUT2D eigenvalue weighted by atomic mass is 35.5. The van der Waals surface area contributed by atoms with Crippen LogP contribution in [0, 0.1) is 0 Å². The van der Waals surface area contributed by atoms with E-state index in [4.69, 9.17) is 17.3 Å². The molecule has 2 aromatic heterocycles. The van der Waals surface area contributed by atoms with Gasteiger partial charge in [0.05, 0.1) is 6.20 Å². The van der Waals surface area contributed by atoms with Gasteiger partial charge in [-0.05, 0) is 17.7 Å². The Morgan fingerprint density at radius 3 is 2.76 bits per heavy atom. The first kappa shape index (κ1) is 11.6. The van der Waals surface area contributed by atoms with Crippen LogP contribution in [0.15, 0.2) is 30.7 Å². The number of nitrogens with two attached hydrogens (primary N) is 1. The number of halogens is 1. The summed E-state index contributed by atoms with van der Waals surface area (Å²) in [6.07, 6.45) is 5.00. The molecule has 0 unspecified atom stereocenters. The largest absolute Gasteiger partial charge is 0.368 e. The maximum Gasteiger partial charge on any atom is 0.222 e. The van der Waals surface area contributed by atoms with Crippen molar-refractivity contribution in [3.63, 3.8) is 0 Å². The number of rotatable bonds is 3. The number of hydrogen-bond donors (Lipinski definition) is 1. The standard InChI is InChI=1S/C11H12ClN5/c1-17(7-8-2-4-14-5-3-8)10-9(12)6-15-11(13)16-10/h2-6H,7H2,1H3,(H2,13,15,16). The van der Waals surface area contributed by atoms with Crippen molar-refractivity contribution in [2.24, 2.45) is 0 Å². The molecule has 17 heavy (non-hydrogen) atoms. The first-order valence-electron chi connectivity index (χ1n) is 5.05. The first-order valence-corrected chi connectivity index (χ1v) is 5.42. The monoisotopic (exact) mass is 249 g/mol. The van der Waals surface area contributed by atoms with E-state index in [9.17, 15) is 0 Å². The van der Waals surface area contributed by atoms with Crippen molar-refractivity contribution in [3.05, 3.63) is 41.3 Å². The fourth-order valence-corrected chi connectivity index (χ4v) is 1.71. The van der Waals surface area contributed by atoms with Gasteiger partial charge in [-0.2, -0.15) is 4.98 Å². The molecular formula is C11H12ClN5. The number of nitrogens with zero attached hydrogens (tertiary/aromatic N) is 4. The van der Waals surface area contributed by atoms with Crippen LogP contribution in [0.4, 0.5) is 11.8 Å². The van der Waals surface area contributed by atoms with Crippen LogP contribution in [0.5, 0.6) is 0 Å². The summed E-state index contributed by atoms with van der Waals surface area (Å²) in [6, 6.07) is 3.88. The molecule has 2 heterocycles. The summed E-state index contributed by atoms with van der Waals surface area (Å²) in [5, 5.41) is 0.482. The molecule has 0 bridgehead atoms. The molecule has 2 rings (SSSR count). The van der Waals surface area contributed by atoms with Gasteiger partial charge in [-0.1, -0.05) is 11.6 Å². The number of aromatic nitrogens is 3. The lowest BCUT2D eigenvalue weighted by Gasteiger charge is -2.19. The first-order chi connectivity index (χ1) is 8.16. The minimum absolute atomic E-state index is 0.214. The second kappa shape index (κ2) is 4.97. The average Bonchev–Trinajstić information content (AvgIpc) is 2.33. The smallest absolute Gasteiger partial charge is 0.222 e. The van der Waals surface area contributed by atoms with Crippen LogP contribution < -0.4 is 10.6 Å². The molecule has 0 radical (unpaired) electrons. The van der Waals surface area contributed by atoms with Crippen molar-refractivity contribution in [1.29, 1.82) is 0 Å². The molecule has 0 aliphatic rings. The van der Waals surface area contributed by atoms with Crippen molar-refractivity contribution in [3.8, 4) is 0 Å². The van der Waals surface area contributed by atoms with Gasteiger partial charge >= 0.3 is 0 Å². The van der Waals surface area contributed by atoms with E-state index < -0.39 is 0 Å². The Morgan fingerprint density at radius 1 is 1.35 bits per heavy atom. The molecule has 0 amide bonds. The molecule has 0 saturated heterocycles. The second-order valence-electron chi connectivity index (χ2n) is 3.61. The Labute approximate surface area is 104 Å². The van der Waals surface area contributed by atoms with E-state index in [1.807, 2.05) is 24.1 Å². The number of nitrogen functional groups attached to an aromatic ring is 1. The van der Waals surface area contributed by atoms with Crippen LogP contribution in [0.3, 0.4) is 0 Å². The Hall–Kier alpha value is -1.88. The van der Waals surface area contributed by atoms with Crippen LogP contribution >= 0.6 is 11.6 Å². The van der Waals surface area contributed by atoms with Crippen molar-refractivity contribution in [2.75, 3.05) is 17.7 Å². The van der Waals surface area contributed by atoms with E-state index in [0.717, 1.165) is 5.56 Å². The van der Waals surface area contributed by atoms with E-state index in [2.05, 4.69) is 15.0 Å². The summed E-state index contributed by atoms with van der Waals surface area (Å²) in [7, 11) is 1.90. The van der Waals surface area contributed by atoms with E-state index in [0.29, 0.717) is 17.4 Å². The van der Waals surface area contributed by atoms with Gasteiger partial charge in [-0.25, -0.2) is 4.98 Å². The van der Waals surface area contributed by atoms with Crippen LogP contribution in [0.1, 0.15) is 5.56 Å². The van der Waals surface area contributed by atoms with E-state index in [1.165, 1.54) is 6.20 Å². The Bertz CT molecular complexity index is 502. The lowest BCUT2D eigenvalue weighted by atomic mass is 10.2. The highest BCUT2D eigenvalue weighted by Gasteiger charge is 2.09. The maximum atomic E-state index is 6.02. The predicted octanol–water partition coefficient (Wildman–Crippen LogP) is 1.74. The molecule has 2 aromatic rings. The summed E-state index contributed by atoms with van der Waals surface area (Å²) in [5.41, 5.74) is 6.66. The topological polar surface area (TPSA) is 67.9 Å². The zero-order valence-corrected chi connectivity index (χ0v) is 10.1. The number of anilines is 2. The van der Waals surface area contributed by atoms with Crippen molar-refractivity contribution >= 4 is 23.4 Å². The minimum atomic E-state index is 0.214. The van der Waals surface area contributed by atoms with Gasteiger partial charge in [0.25, 0.3) is 0 Å². The van der Waals surface area contributed by atoms with Gasteiger partial charge in [-0.15, -0.1) is 0 Å². The van der Waals surface area contributed by atoms with E-state index in [-0.39, 0.29) is 5.95 Å². The summed E-state index contributed by atoms with van der Waals surface area (Å²) >= 11 is 6.02. The summed E-state index contributed by atoms with van der Waals surface area (Å²) in [6.45, 7) is 0.679. The van der Waals surface area contributed by atoms with Crippen LogP contribution in [0.25, 0.3) is 0 Å². The number of pyridine rings is 1. The summed E-state index contributed by atoms with van der Waals surface area (Å²) in [5.74, 6) is 0.835. The third kappa shape index (κ3) is 2.82. The van der Waals surface area contributed by atoms with Crippen molar-refractivity contribution in [2.45, 2.75) is 6.54 Å². The van der Waals surface area contributed by atoms with Gasteiger partial charge in [0.2, 0.25) is 5.95 Å². The normalized spacial score (nSPS) is 10.2. The lowest BCUT2D eigenvalue weighted by Crippen LogP contribution is -2.19. The maximum absolute atomic E-state index is 6.02. The SMILES string of the molecule is CN(Cc1ccncc1)c1nc(N)ncc1Cl. The Morgan fingerprint density at radius 2 is 2.06 bits per heavy atom. The Balaban J connectivity index is 2.20. The molecule has 0 spiro atoms. The molecule has 6 heteroatoms. The zero-order chi connectivity index (χ0) is 12.3. The van der Waals surface area contributed by atoms with Crippen molar-refractivity contribution < 1.29 is 0 Å². The summed E-state index contributed by atoms with van der Waals surface area (Å²) < 4.78 is 0. The second-order valence-corrected chi connectivity index (χ2v) is 4.02. The third-order valence-corrected chi connectivity index (χ3v) is 2.54. The molecule has 0 aromatic carbocycles. The fraction of sp³-hybridized carbons (Fsp3) is 0.182. The third-order valence-electron chi connectivity index (χ3n) is 2.27. The van der Waals surface area contributed by atoms with Crippen LogP contribution in [-0.4, -0.2) is 22.0 Å². The fourth-order valence-electron chi connectivity index (χ4n) is 1.48. The molecule has 0 saturated carbocycles. The molecular weight excluding hydrogens is 238 g/mol. The van der Waals surface area contributed by atoms with E-state index >= 15 is 0 Å². The quantitative estimate of drug-likeness (QED) is 0.898. The van der Waals surface area contributed by atoms with Crippen LogP contribution in [-0.2, 0) is 6.54 Å². The molecule has 0 aliphatic carbocycles. The summed E-state index contributed by atoms with van der Waals surface area (Å²) in [4.78, 5) is 13.8. The van der Waals surface area contributed by atoms with Gasteiger partial charge in [-0.3, -0.25) is 4.98 Å². The zero-order valence-electron chi connectivity index (χ0n) is 9.34. The van der Waals surface area contributed by atoms with E-state index in [1.54, 1.807) is 12.4 Å². The van der Waals surface area contributed by atoms with Crippen LogP contribution in [0.2, 0.25) is 5.02 Å². The minimum Gasteiger partial charge on any atom is -0.368 e. The molecule has 88 valence electrons. The van der Waals surface area contributed by atoms with Crippen molar-refractivity contribution in [1.82, 2.24) is 15.0 Å². The predicted molar refractivity (Wildman–Crippen MR) is 67.8 cm³/mol. The molecule has 0 atom stereocenters. The molecule has 2 N–H and O–H groups in total. The van der Waals surface area contributed by atoms with Gasteiger partial charge in [0.15, 0.2) is 5.82 Å². The average molecular weight is 250 g/mol. The lowest BCUT2D eigenvalue weighted by molar-refractivity contribution is 0.891.